The van der Waals surface area contributed by atoms with Gasteiger partial charge < -0.3 is 10.6 Å². The van der Waals surface area contributed by atoms with Gasteiger partial charge in [0.1, 0.15) is 0 Å². The van der Waals surface area contributed by atoms with Crippen molar-refractivity contribution >= 4 is 29.9 Å². The Morgan fingerprint density at radius 3 is 2.48 bits per heavy atom. The van der Waals surface area contributed by atoms with Gasteiger partial charge in [-0.15, -0.1) is 24.0 Å². The van der Waals surface area contributed by atoms with Gasteiger partial charge in [-0.1, -0.05) is 48.9 Å². The van der Waals surface area contributed by atoms with Crippen LogP contribution in [0.25, 0.3) is 0 Å². The summed E-state index contributed by atoms with van der Waals surface area (Å²) in [6, 6.07) is 8.72. The highest BCUT2D eigenvalue weighted by molar-refractivity contribution is 14.0. The predicted molar refractivity (Wildman–Crippen MR) is 104 cm³/mol. The summed E-state index contributed by atoms with van der Waals surface area (Å²) in [5.74, 6) is 1.33. The van der Waals surface area contributed by atoms with E-state index in [4.69, 9.17) is 0 Å². The first-order chi connectivity index (χ1) is 9.67. The van der Waals surface area contributed by atoms with E-state index in [-0.39, 0.29) is 24.0 Å². The Morgan fingerprint density at radius 2 is 1.90 bits per heavy atom. The molecule has 0 saturated heterocycles. The highest BCUT2D eigenvalue weighted by Crippen LogP contribution is 2.14. The number of hydrogen-bond donors (Lipinski definition) is 2. The number of benzene rings is 1. The van der Waals surface area contributed by atoms with Crippen LogP contribution in [0.1, 0.15) is 37.3 Å². The third-order valence-corrected chi connectivity index (χ3v) is 3.28. The first-order valence-corrected chi connectivity index (χ1v) is 7.29. The molecule has 0 bridgehead atoms. The number of halogens is 1. The maximum atomic E-state index is 4.24. The average Bonchev–Trinajstić information content (AvgIpc) is 2.47. The lowest BCUT2D eigenvalue weighted by atomic mass is 10.0. The molecule has 0 spiro atoms. The zero-order valence-corrected chi connectivity index (χ0v) is 15.8. The summed E-state index contributed by atoms with van der Waals surface area (Å²) in [5, 5.41) is 6.68. The summed E-state index contributed by atoms with van der Waals surface area (Å²) >= 11 is 0. The third kappa shape index (κ3) is 8.09. The molecular weight excluding hydrogens is 373 g/mol. The van der Waals surface area contributed by atoms with Crippen molar-refractivity contribution in [3.63, 3.8) is 0 Å². The molecule has 0 saturated carbocycles. The van der Waals surface area contributed by atoms with E-state index in [2.05, 4.69) is 65.9 Å². The molecule has 118 valence electrons. The van der Waals surface area contributed by atoms with Crippen LogP contribution < -0.4 is 10.6 Å². The molecule has 3 nitrogen and oxygen atoms in total. The van der Waals surface area contributed by atoms with Gasteiger partial charge >= 0.3 is 0 Å². The molecule has 1 rings (SSSR count). The summed E-state index contributed by atoms with van der Waals surface area (Å²) in [5.41, 5.74) is 2.66. The fourth-order valence-corrected chi connectivity index (χ4v) is 1.92. The Kier molecular flexibility index (Phi) is 11.0. The van der Waals surface area contributed by atoms with Gasteiger partial charge in [-0.25, -0.2) is 0 Å². The van der Waals surface area contributed by atoms with Crippen molar-refractivity contribution in [3.05, 3.63) is 47.5 Å². The monoisotopic (exact) mass is 401 g/mol. The molecule has 0 aliphatic rings. The number of nitrogens with one attached hydrogen (secondary N) is 2. The summed E-state index contributed by atoms with van der Waals surface area (Å²) in [6.07, 6.45) is 5.23. The Hall–Kier alpha value is -1.04. The van der Waals surface area contributed by atoms with E-state index in [0.717, 1.165) is 25.5 Å². The van der Waals surface area contributed by atoms with Crippen molar-refractivity contribution in [2.75, 3.05) is 20.1 Å². The fraction of sp³-hybridized carbons (Fsp3) is 0.471. The minimum absolute atomic E-state index is 0. The van der Waals surface area contributed by atoms with Crippen LogP contribution in [-0.4, -0.2) is 26.1 Å². The van der Waals surface area contributed by atoms with Crippen LogP contribution in [0.15, 0.2) is 41.4 Å². The number of hydrogen-bond acceptors (Lipinski definition) is 1. The maximum absolute atomic E-state index is 4.24. The molecule has 0 aliphatic heterocycles. The molecule has 1 unspecified atom stereocenters. The molecular formula is C17H28IN3. The Bertz CT molecular complexity index is 438. The van der Waals surface area contributed by atoms with Gasteiger partial charge in [-0.2, -0.15) is 0 Å². The number of nitrogens with zero attached hydrogens (tertiary/aromatic N) is 1. The molecule has 1 aromatic carbocycles. The molecule has 21 heavy (non-hydrogen) atoms. The molecule has 0 radical (unpaired) electrons. The van der Waals surface area contributed by atoms with E-state index in [1.165, 1.54) is 11.1 Å². The number of aryl methyl sites for hydroxylation is 1. The topological polar surface area (TPSA) is 36.4 Å². The third-order valence-electron chi connectivity index (χ3n) is 3.28. The van der Waals surface area contributed by atoms with E-state index >= 15 is 0 Å². The normalized spacial score (nSPS) is 12.9. The lowest BCUT2D eigenvalue weighted by Gasteiger charge is -2.16. The lowest BCUT2D eigenvalue weighted by molar-refractivity contribution is 0.699. The maximum Gasteiger partial charge on any atom is 0.191 e. The van der Waals surface area contributed by atoms with Crippen molar-refractivity contribution in [2.24, 2.45) is 4.99 Å². The SMILES string of the molecule is C/C=C/CCNC(=NC)NCC(C)c1ccc(C)cc1.I. The minimum Gasteiger partial charge on any atom is -0.356 e. The van der Waals surface area contributed by atoms with Crippen LogP contribution in [0.2, 0.25) is 0 Å². The van der Waals surface area contributed by atoms with Crippen LogP contribution in [-0.2, 0) is 0 Å². The predicted octanol–water partition coefficient (Wildman–Crippen LogP) is 3.85. The van der Waals surface area contributed by atoms with E-state index in [9.17, 15) is 0 Å². The summed E-state index contributed by atoms with van der Waals surface area (Å²) < 4.78 is 0. The van der Waals surface area contributed by atoms with Crippen molar-refractivity contribution in [1.82, 2.24) is 10.6 Å². The van der Waals surface area contributed by atoms with Gasteiger partial charge in [0.25, 0.3) is 0 Å². The van der Waals surface area contributed by atoms with Gasteiger partial charge in [-0.05, 0) is 31.7 Å². The van der Waals surface area contributed by atoms with Gasteiger partial charge in [0, 0.05) is 20.1 Å². The van der Waals surface area contributed by atoms with Gasteiger partial charge in [0.05, 0.1) is 0 Å². The zero-order valence-electron chi connectivity index (χ0n) is 13.5. The molecule has 1 atom stereocenters. The average molecular weight is 401 g/mol. The van der Waals surface area contributed by atoms with Gasteiger partial charge in [-0.3, -0.25) is 4.99 Å². The van der Waals surface area contributed by atoms with Crippen LogP contribution in [0, 0.1) is 6.92 Å². The molecule has 0 aliphatic carbocycles. The van der Waals surface area contributed by atoms with Crippen LogP contribution in [0.3, 0.4) is 0 Å². The number of aliphatic imine (C=N–C) groups is 1. The molecule has 1 aromatic rings. The van der Waals surface area contributed by atoms with E-state index in [1.54, 1.807) is 0 Å². The molecule has 0 heterocycles. The number of rotatable bonds is 6. The summed E-state index contributed by atoms with van der Waals surface area (Å²) in [6.45, 7) is 8.17. The first-order valence-electron chi connectivity index (χ1n) is 7.29. The summed E-state index contributed by atoms with van der Waals surface area (Å²) in [4.78, 5) is 4.24. The van der Waals surface area contributed by atoms with Crippen molar-refractivity contribution in [1.29, 1.82) is 0 Å². The van der Waals surface area contributed by atoms with E-state index in [1.807, 2.05) is 14.0 Å². The number of allylic oxidation sites excluding steroid dienone is 1. The summed E-state index contributed by atoms with van der Waals surface area (Å²) in [7, 11) is 1.81. The lowest BCUT2D eigenvalue weighted by Crippen LogP contribution is -2.39. The Morgan fingerprint density at radius 1 is 1.24 bits per heavy atom. The van der Waals surface area contributed by atoms with Crippen molar-refractivity contribution in [3.8, 4) is 0 Å². The second kappa shape index (κ2) is 11.6. The molecule has 4 heteroatoms. The minimum atomic E-state index is 0. The fourth-order valence-electron chi connectivity index (χ4n) is 1.92. The molecule has 0 amide bonds. The quantitative estimate of drug-likeness (QED) is 0.250. The molecule has 2 N–H and O–H groups in total. The van der Waals surface area contributed by atoms with Crippen molar-refractivity contribution in [2.45, 2.75) is 33.1 Å². The first kappa shape index (κ1) is 20.0. The Balaban J connectivity index is 0.00000400. The van der Waals surface area contributed by atoms with Gasteiger partial charge in [0.2, 0.25) is 0 Å². The second-order valence-electron chi connectivity index (χ2n) is 5.05. The highest BCUT2D eigenvalue weighted by Gasteiger charge is 2.06. The largest absolute Gasteiger partial charge is 0.356 e. The standard InChI is InChI=1S/C17H27N3.HI/c1-5-6-7-12-19-17(18-4)20-13-15(3)16-10-8-14(2)9-11-16;/h5-6,8-11,15H,7,12-13H2,1-4H3,(H2,18,19,20);1H/b6-5+;. The smallest absolute Gasteiger partial charge is 0.191 e. The Labute approximate surface area is 146 Å². The second-order valence-corrected chi connectivity index (χ2v) is 5.05. The highest BCUT2D eigenvalue weighted by atomic mass is 127. The van der Waals surface area contributed by atoms with Gasteiger partial charge in [0.15, 0.2) is 5.96 Å². The van der Waals surface area contributed by atoms with Crippen LogP contribution >= 0.6 is 24.0 Å². The number of guanidine groups is 1. The van der Waals surface area contributed by atoms with Crippen molar-refractivity contribution < 1.29 is 0 Å². The van der Waals surface area contributed by atoms with Crippen LogP contribution in [0.4, 0.5) is 0 Å². The molecule has 0 aromatic heterocycles. The van der Waals surface area contributed by atoms with E-state index < -0.39 is 0 Å². The van der Waals surface area contributed by atoms with E-state index in [0.29, 0.717) is 5.92 Å². The zero-order chi connectivity index (χ0) is 14.8. The van der Waals surface area contributed by atoms with Crippen LogP contribution in [0.5, 0.6) is 0 Å². The molecule has 0 fully saturated rings.